The zero-order chi connectivity index (χ0) is 57.9. The first-order chi connectivity index (χ1) is 39.5. The van der Waals surface area contributed by atoms with E-state index in [2.05, 4.69) is 27.7 Å². The zero-order valence-corrected chi connectivity index (χ0v) is 57.2. The molecule has 0 saturated heterocycles. The fourth-order valence-electron chi connectivity index (χ4n) is 11.7. The normalized spacial score (nSPS) is 12.2. The van der Waals surface area contributed by atoms with E-state index in [1.165, 1.54) is 334 Å². The first-order valence-corrected chi connectivity index (χ1v) is 41.1. The topological polar surface area (TPSA) is 71.1 Å². The highest BCUT2D eigenvalue weighted by Gasteiger charge is 2.51. The van der Waals surface area contributed by atoms with Crippen LogP contribution in [0.2, 0.25) is 0 Å². The summed E-state index contributed by atoms with van der Waals surface area (Å²) >= 11 is 0. The molecule has 0 aliphatic rings. The van der Waals surface area contributed by atoms with Gasteiger partial charge in [0, 0.05) is 0 Å². The average Bonchev–Trinajstić information content (AvgIpc) is 3.54. The lowest BCUT2D eigenvalue weighted by atomic mass is 10.0. The summed E-state index contributed by atoms with van der Waals surface area (Å²) in [7, 11) is -8.38. The van der Waals surface area contributed by atoms with Gasteiger partial charge < -0.3 is 18.1 Å². The summed E-state index contributed by atoms with van der Waals surface area (Å²) < 4.78 is 54.9. The van der Waals surface area contributed by atoms with Crippen LogP contribution < -0.4 is 0 Å². The maximum atomic E-state index is 15.0. The summed E-state index contributed by atoms with van der Waals surface area (Å²) in [6.07, 6.45) is 82.8. The van der Waals surface area contributed by atoms with Crippen LogP contribution in [0.25, 0.3) is 0 Å². The lowest BCUT2D eigenvalue weighted by Crippen LogP contribution is -2.07. The second kappa shape index (κ2) is 68.4. The summed E-state index contributed by atoms with van der Waals surface area (Å²) in [6, 6.07) is 0. The molecule has 0 fully saturated rings. The van der Waals surface area contributed by atoms with Crippen LogP contribution in [-0.4, -0.2) is 26.4 Å². The summed E-state index contributed by atoms with van der Waals surface area (Å²) in [5.74, 6) is 0. The number of unbranched alkanes of at least 4 members (excludes halogenated alkanes) is 60. The van der Waals surface area contributed by atoms with Crippen molar-refractivity contribution in [1.29, 1.82) is 0 Å². The third kappa shape index (κ3) is 58.7. The molecule has 0 bridgehead atoms. The molecular formula is C72H148O6P2. The van der Waals surface area contributed by atoms with E-state index in [4.69, 9.17) is 18.1 Å². The Morgan fingerprint density at radius 2 is 0.237 bits per heavy atom. The Labute approximate surface area is 504 Å². The van der Waals surface area contributed by atoms with Gasteiger partial charge in [-0.1, -0.05) is 413 Å². The molecule has 80 heavy (non-hydrogen) atoms. The van der Waals surface area contributed by atoms with Crippen molar-refractivity contribution in [1.82, 2.24) is 0 Å². The minimum atomic E-state index is -4.19. The minimum Gasteiger partial charge on any atom is -0.300 e. The number of hydrogen-bond acceptors (Lipinski definition) is 6. The monoisotopic (exact) mass is 1170 g/mol. The highest BCUT2D eigenvalue weighted by Crippen LogP contribution is 2.83. The Balaban J connectivity index is 5.18. The van der Waals surface area contributed by atoms with E-state index in [1.807, 2.05) is 0 Å². The molecule has 0 unspecified atom stereocenters. The van der Waals surface area contributed by atoms with Gasteiger partial charge in [-0.3, -0.25) is 0 Å². The minimum absolute atomic E-state index is 0.267. The van der Waals surface area contributed by atoms with E-state index in [-0.39, 0.29) is 26.4 Å². The van der Waals surface area contributed by atoms with Gasteiger partial charge in [-0.15, -0.1) is 0 Å². The van der Waals surface area contributed by atoms with Crippen molar-refractivity contribution in [2.45, 2.75) is 439 Å². The van der Waals surface area contributed by atoms with Crippen LogP contribution in [0, 0.1) is 0 Å². The molecular weight excluding hydrogens is 1020 g/mol. The molecule has 8 heteroatoms. The largest absolute Gasteiger partial charge is 0.441 e. The van der Waals surface area contributed by atoms with Crippen molar-refractivity contribution in [2.75, 3.05) is 26.4 Å². The SMILES string of the molecule is CCCCCCCCCCCCCCCCCCOP(=O)(OCCCCCCCCCCCCCCCCCC)P(=O)(OCCCCCCCCCCCCCCCCCC)OCCCCCCCCCCCCCCCCCC. The van der Waals surface area contributed by atoms with E-state index in [1.54, 1.807) is 0 Å². The van der Waals surface area contributed by atoms with Crippen molar-refractivity contribution >= 4 is 14.6 Å². The summed E-state index contributed by atoms with van der Waals surface area (Å²) in [5.41, 5.74) is 0. The quantitative estimate of drug-likeness (QED) is 0.0446. The first-order valence-electron chi connectivity index (χ1n) is 37.3. The predicted octanol–water partition coefficient (Wildman–Crippen LogP) is 28.4. The molecule has 0 aromatic carbocycles. The van der Waals surface area contributed by atoms with Crippen molar-refractivity contribution in [2.24, 2.45) is 0 Å². The van der Waals surface area contributed by atoms with Crippen LogP contribution in [0.4, 0.5) is 0 Å². The molecule has 0 rings (SSSR count). The molecule has 0 aliphatic heterocycles. The molecule has 0 N–H and O–H groups in total. The molecule has 0 aromatic rings. The second-order valence-electron chi connectivity index (χ2n) is 25.5. The molecule has 0 heterocycles. The van der Waals surface area contributed by atoms with Crippen molar-refractivity contribution < 1.29 is 27.2 Å². The Kier molecular flexibility index (Phi) is 68.7. The Bertz CT molecular complexity index is 1060. The molecule has 6 nitrogen and oxygen atoms in total. The summed E-state index contributed by atoms with van der Waals surface area (Å²) in [5, 5.41) is 0. The van der Waals surface area contributed by atoms with Gasteiger partial charge >= 0.3 is 14.6 Å². The maximum absolute atomic E-state index is 15.0. The second-order valence-corrected chi connectivity index (χ2v) is 31.3. The van der Waals surface area contributed by atoms with Crippen LogP contribution in [0.3, 0.4) is 0 Å². The standard InChI is InChI=1S/C72H148O6P2/c1-5-9-13-17-21-25-29-33-37-41-45-49-53-57-61-65-69-75-79(73,76-70-66-62-58-54-50-46-42-38-34-30-26-22-18-14-10-6-2)80(74,77-71-67-63-59-55-51-47-43-39-35-31-27-23-19-15-11-7-3)78-72-68-64-60-56-52-48-44-40-36-32-28-24-20-16-12-8-4/h5-72H2,1-4H3. The highest BCUT2D eigenvalue weighted by atomic mass is 32.1. The predicted molar refractivity (Wildman–Crippen MR) is 357 cm³/mol. The van der Waals surface area contributed by atoms with Crippen LogP contribution in [-0.2, 0) is 27.2 Å². The first kappa shape index (κ1) is 80.3. The number of rotatable bonds is 73. The molecule has 0 saturated carbocycles. The molecule has 0 radical (unpaired) electrons. The smallest absolute Gasteiger partial charge is 0.300 e. The van der Waals surface area contributed by atoms with Crippen LogP contribution >= 0.6 is 14.6 Å². The highest BCUT2D eigenvalue weighted by molar-refractivity contribution is 8.27. The Hall–Kier alpha value is 0.300. The molecule has 482 valence electrons. The Morgan fingerprint density at radius 3 is 0.338 bits per heavy atom. The van der Waals surface area contributed by atoms with Crippen molar-refractivity contribution in [3.63, 3.8) is 0 Å². The fourth-order valence-corrected chi connectivity index (χ4v) is 16.5. The van der Waals surface area contributed by atoms with Gasteiger partial charge in [0.25, 0.3) is 0 Å². The number of hydrogen-bond donors (Lipinski definition) is 0. The van der Waals surface area contributed by atoms with E-state index in [9.17, 15) is 0 Å². The molecule has 0 atom stereocenters. The third-order valence-corrected chi connectivity index (χ3v) is 23.1. The molecule has 0 amide bonds. The maximum Gasteiger partial charge on any atom is 0.441 e. The summed E-state index contributed by atoms with van der Waals surface area (Å²) in [6.45, 7) is 10.2. The molecule has 0 spiro atoms. The van der Waals surface area contributed by atoms with E-state index in [0.717, 1.165) is 77.0 Å². The van der Waals surface area contributed by atoms with E-state index < -0.39 is 14.6 Å². The fraction of sp³-hybridized carbons (Fsp3) is 1.00. The van der Waals surface area contributed by atoms with Crippen LogP contribution in [0.15, 0.2) is 0 Å². The van der Waals surface area contributed by atoms with Gasteiger partial charge in [0.1, 0.15) is 0 Å². The zero-order valence-electron chi connectivity index (χ0n) is 55.4. The van der Waals surface area contributed by atoms with Gasteiger partial charge in [-0.05, 0) is 25.7 Å². The molecule has 0 aliphatic carbocycles. The Morgan fingerprint density at radius 1 is 0.150 bits per heavy atom. The van der Waals surface area contributed by atoms with Crippen molar-refractivity contribution in [3.8, 4) is 0 Å². The van der Waals surface area contributed by atoms with Crippen molar-refractivity contribution in [3.05, 3.63) is 0 Å². The van der Waals surface area contributed by atoms with Gasteiger partial charge in [0.15, 0.2) is 0 Å². The van der Waals surface area contributed by atoms with E-state index >= 15 is 9.13 Å². The van der Waals surface area contributed by atoms with Crippen LogP contribution in [0.1, 0.15) is 439 Å². The lowest BCUT2D eigenvalue weighted by Gasteiger charge is -2.26. The van der Waals surface area contributed by atoms with Crippen LogP contribution in [0.5, 0.6) is 0 Å². The lowest BCUT2D eigenvalue weighted by molar-refractivity contribution is 0.171. The van der Waals surface area contributed by atoms with Gasteiger partial charge in [0.05, 0.1) is 26.4 Å². The summed E-state index contributed by atoms with van der Waals surface area (Å²) in [4.78, 5) is 0. The third-order valence-electron chi connectivity index (χ3n) is 17.3. The average molecular weight is 1170 g/mol. The van der Waals surface area contributed by atoms with E-state index in [0.29, 0.717) is 0 Å². The van der Waals surface area contributed by atoms with Gasteiger partial charge in [-0.25, -0.2) is 9.13 Å². The van der Waals surface area contributed by atoms with Gasteiger partial charge in [-0.2, -0.15) is 0 Å². The van der Waals surface area contributed by atoms with Gasteiger partial charge in [0.2, 0.25) is 0 Å². The molecule has 0 aromatic heterocycles.